The Morgan fingerprint density at radius 2 is 1.79 bits per heavy atom. The summed E-state index contributed by atoms with van der Waals surface area (Å²) in [5.41, 5.74) is 0.488. The highest BCUT2D eigenvalue weighted by atomic mass is 32.1. The highest BCUT2D eigenvalue weighted by molar-refractivity contribution is 7.11. The van der Waals surface area contributed by atoms with E-state index in [1.807, 2.05) is 13.8 Å². The molecular formula is C15H23NO2S. The molecule has 1 rings (SSSR count). The van der Waals surface area contributed by atoms with E-state index in [0.29, 0.717) is 12.1 Å². The van der Waals surface area contributed by atoms with Gasteiger partial charge in [-0.15, -0.1) is 11.3 Å². The summed E-state index contributed by atoms with van der Waals surface area (Å²) in [5.74, 6) is -0.0769. The van der Waals surface area contributed by atoms with Crippen molar-refractivity contribution in [2.75, 3.05) is 0 Å². The number of unbranched alkanes of at least 4 members (excludes halogenated alkanes) is 4. The van der Waals surface area contributed by atoms with Gasteiger partial charge in [-0.3, -0.25) is 9.59 Å². The van der Waals surface area contributed by atoms with E-state index in [1.165, 1.54) is 30.6 Å². The van der Waals surface area contributed by atoms with E-state index in [9.17, 15) is 9.59 Å². The Morgan fingerprint density at radius 1 is 1.11 bits per heavy atom. The minimum absolute atomic E-state index is 0.0117. The standard InChI is InChI=1S/C15H23NO2S/c1-4-5-6-7-8-9-13(17)10-14(18)15-11(2)19-12(3)16-15/h4-10H2,1-3H3. The van der Waals surface area contributed by atoms with E-state index >= 15 is 0 Å². The molecule has 3 nitrogen and oxygen atoms in total. The molecule has 0 radical (unpaired) electrons. The molecule has 0 saturated carbocycles. The second kappa shape index (κ2) is 8.20. The van der Waals surface area contributed by atoms with Crippen molar-refractivity contribution in [2.45, 2.75) is 65.7 Å². The molecule has 0 saturated heterocycles. The van der Waals surface area contributed by atoms with Gasteiger partial charge in [-0.2, -0.15) is 0 Å². The van der Waals surface area contributed by atoms with Crippen molar-refractivity contribution < 1.29 is 9.59 Å². The van der Waals surface area contributed by atoms with Gasteiger partial charge >= 0.3 is 0 Å². The van der Waals surface area contributed by atoms with Crippen molar-refractivity contribution in [3.05, 3.63) is 15.6 Å². The van der Waals surface area contributed by atoms with Crippen molar-refractivity contribution in [2.24, 2.45) is 0 Å². The van der Waals surface area contributed by atoms with Crippen LogP contribution in [-0.4, -0.2) is 16.6 Å². The Bertz CT molecular complexity index is 437. The van der Waals surface area contributed by atoms with Gasteiger partial charge in [0.15, 0.2) is 5.78 Å². The van der Waals surface area contributed by atoms with Crippen LogP contribution in [0.15, 0.2) is 0 Å². The topological polar surface area (TPSA) is 47.0 Å². The van der Waals surface area contributed by atoms with Gasteiger partial charge in [-0.1, -0.05) is 32.6 Å². The molecule has 0 aliphatic carbocycles. The first kappa shape index (κ1) is 16.0. The largest absolute Gasteiger partial charge is 0.299 e. The number of ketones is 2. The SMILES string of the molecule is CCCCCCCC(=O)CC(=O)c1nc(C)sc1C. The summed E-state index contributed by atoms with van der Waals surface area (Å²) in [5, 5.41) is 0.882. The van der Waals surface area contributed by atoms with Crippen molar-refractivity contribution in [3.8, 4) is 0 Å². The second-order valence-electron chi connectivity index (χ2n) is 4.94. The molecule has 1 aromatic rings. The monoisotopic (exact) mass is 281 g/mol. The zero-order valence-electron chi connectivity index (χ0n) is 12.1. The maximum absolute atomic E-state index is 11.9. The van der Waals surface area contributed by atoms with Crippen LogP contribution < -0.4 is 0 Å². The predicted octanol–water partition coefficient (Wildman–Crippen LogP) is 4.26. The van der Waals surface area contributed by atoms with E-state index in [2.05, 4.69) is 11.9 Å². The molecular weight excluding hydrogens is 258 g/mol. The predicted molar refractivity (Wildman–Crippen MR) is 78.9 cm³/mol. The van der Waals surface area contributed by atoms with E-state index in [1.54, 1.807) is 0 Å². The first-order valence-corrected chi connectivity index (χ1v) is 7.85. The van der Waals surface area contributed by atoms with Gasteiger partial charge in [-0.05, 0) is 20.3 Å². The third kappa shape index (κ3) is 5.64. The molecule has 0 fully saturated rings. The van der Waals surface area contributed by atoms with Crippen LogP contribution in [0.25, 0.3) is 0 Å². The van der Waals surface area contributed by atoms with Crippen LogP contribution in [0.1, 0.15) is 72.2 Å². The number of hydrogen-bond donors (Lipinski definition) is 0. The zero-order chi connectivity index (χ0) is 14.3. The third-order valence-electron chi connectivity index (χ3n) is 3.08. The van der Waals surface area contributed by atoms with Crippen molar-refractivity contribution in [1.29, 1.82) is 0 Å². The number of carbonyl (C=O) groups is 2. The summed E-state index contributed by atoms with van der Waals surface area (Å²) in [6, 6.07) is 0. The van der Waals surface area contributed by atoms with Crippen LogP contribution in [-0.2, 0) is 4.79 Å². The molecule has 19 heavy (non-hydrogen) atoms. The molecule has 0 aromatic carbocycles. The highest BCUT2D eigenvalue weighted by Gasteiger charge is 2.17. The van der Waals surface area contributed by atoms with Gasteiger partial charge in [0, 0.05) is 11.3 Å². The van der Waals surface area contributed by atoms with E-state index < -0.39 is 0 Å². The van der Waals surface area contributed by atoms with E-state index in [4.69, 9.17) is 0 Å². The molecule has 0 spiro atoms. The molecule has 0 unspecified atom stereocenters. The summed E-state index contributed by atoms with van der Waals surface area (Å²) in [6.45, 7) is 5.93. The maximum atomic E-state index is 11.9. The Kier molecular flexibility index (Phi) is 6.92. The van der Waals surface area contributed by atoms with Crippen molar-refractivity contribution >= 4 is 22.9 Å². The summed E-state index contributed by atoms with van der Waals surface area (Å²) in [7, 11) is 0. The van der Waals surface area contributed by atoms with Crippen LogP contribution >= 0.6 is 11.3 Å². The fourth-order valence-electron chi connectivity index (χ4n) is 2.06. The molecule has 0 atom stereocenters. The second-order valence-corrected chi connectivity index (χ2v) is 6.35. The molecule has 4 heteroatoms. The number of thiazole rings is 1. The van der Waals surface area contributed by atoms with E-state index in [0.717, 1.165) is 22.7 Å². The highest BCUT2D eigenvalue weighted by Crippen LogP contribution is 2.18. The lowest BCUT2D eigenvalue weighted by Gasteiger charge is -2.00. The average Bonchev–Trinajstić information content (AvgIpc) is 2.68. The number of rotatable bonds is 9. The maximum Gasteiger partial charge on any atom is 0.189 e. The lowest BCUT2D eigenvalue weighted by atomic mass is 10.0. The third-order valence-corrected chi connectivity index (χ3v) is 3.97. The van der Waals surface area contributed by atoms with Gasteiger partial charge in [0.1, 0.15) is 11.5 Å². The van der Waals surface area contributed by atoms with Crippen LogP contribution in [0, 0.1) is 13.8 Å². The minimum atomic E-state index is -0.125. The molecule has 0 N–H and O–H groups in total. The zero-order valence-corrected chi connectivity index (χ0v) is 12.9. The van der Waals surface area contributed by atoms with Crippen molar-refractivity contribution in [3.63, 3.8) is 0 Å². The van der Waals surface area contributed by atoms with Gasteiger partial charge in [0.25, 0.3) is 0 Å². The van der Waals surface area contributed by atoms with Crippen LogP contribution in [0.3, 0.4) is 0 Å². The summed E-state index contributed by atoms with van der Waals surface area (Å²) < 4.78 is 0. The fraction of sp³-hybridized carbons (Fsp3) is 0.667. The summed E-state index contributed by atoms with van der Waals surface area (Å²) in [4.78, 5) is 28.8. The first-order valence-electron chi connectivity index (χ1n) is 7.03. The molecule has 1 heterocycles. The number of hydrogen-bond acceptors (Lipinski definition) is 4. The number of nitrogens with zero attached hydrogens (tertiary/aromatic N) is 1. The quantitative estimate of drug-likeness (QED) is 0.386. The Balaban J connectivity index is 2.32. The molecule has 0 bridgehead atoms. The number of aromatic nitrogens is 1. The lowest BCUT2D eigenvalue weighted by molar-refractivity contribution is -0.118. The Hall–Kier alpha value is -1.03. The minimum Gasteiger partial charge on any atom is -0.299 e. The summed E-state index contributed by atoms with van der Waals surface area (Å²) >= 11 is 1.51. The number of carbonyl (C=O) groups excluding carboxylic acids is 2. The molecule has 0 aliphatic heterocycles. The molecule has 0 aliphatic rings. The van der Waals surface area contributed by atoms with Crippen LogP contribution in [0.2, 0.25) is 0 Å². The van der Waals surface area contributed by atoms with Gasteiger partial charge in [0.2, 0.25) is 0 Å². The fourth-order valence-corrected chi connectivity index (χ4v) is 2.90. The van der Waals surface area contributed by atoms with Gasteiger partial charge in [0.05, 0.1) is 11.4 Å². The van der Waals surface area contributed by atoms with Gasteiger partial charge < -0.3 is 0 Å². The normalized spacial score (nSPS) is 10.7. The van der Waals surface area contributed by atoms with Crippen molar-refractivity contribution in [1.82, 2.24) is 4.98 Å². The Labute approximate surface area is 119 Å². The smallest absolute Gasteiger partial charge is 0.189 e. The van der Waals surface area contributed by atoms with E-state index in [-0.39, 0.29) is 18.0 Å². The molecule has 1 aromatic heterocycles. The van der Waals surface area contributed by atoms with Crippen LogP contribution in [0.4, 0.5) is 0 Å². The summed E-state index contributed by atoms with van der Waals surface area (Å²) in [6.07, 6.45) is 6.14. The molecule has 0 amide bonds. The number of aryl methyl sites for hydroxylation is 2. The van der Waals surface area contributed by atoms with Crippen LogP contribution in [0.5, 0.6) is 0 Å². The number of Topliss-reactive ketones (excluding diaryl/α,β-unsaturated/α-hetero) is 2. The lowest BCUT2D eigenvalue weighted by Crippen LogP contribution is -2.09. The first-order chi connectivity index (χ1) is 9.04. The average molecular weight is 281 g/mol. The molecule has 106 valence electrons. The Morgan fingerprint density at radius 3 is 2.37 bits per heavy atom. The van der Waals surface area contributed by atoms with Gasteiger partial charge in [-0.25, -0.2) is 4.98 Å².